The van der Waals surface area contributed by atoms with Crippen molar-refractivity contribution in [2.45, 2.75) is 0 Å². The number of pyridine rings is 4. The number of ether oxygens (including phenoxy) is 1. The topological polar surface area (TPSA) is 69.6 Å². The van der Waals surface area contributed by atoms with Gasteiger partial charge in [0.2, 0.25) is 0 Å². The van der Waals surface area contributed by atoms with Crippen LogP contribution in [-0.4, -0.2) is 28.7 Å². The van der Waals surface area contributed by atoms with Gasteiger partial charge in [-0.3, -0.25) is 15.0 Å². The van der Waals surface area contributed by atoms with Crippen LogP contribution in [0.1, 0.15) is 0 Å². The van der Waals surface area contributed by atoms with Crippen molar-refractivity contribution in [3.8, 4) is 45.3 Å². The predicted octanol–water partition coefficient (Wildman–Crippen LogP) is 10.8. The third kappa shape index (κ3) is 4.93. The summed E-state index contributed by atoms with van der Waals surface area (Å²) in [6.07, 6.45) is 5.57. The first-order chi connectivity index (χ1) is 26.3. The largest absolute Gasteiger partial charge is 2.00 e. The van der Waals surface area contributed by atoms with Crippen molar-refractivity contribution in [3.63, 3.8) is 0 Å². The minimum Gasteiger partial charge on any atom is -0.497 e. The smallest absolute Gasteiger partial charge is 0.497 e. The summed E-state index contributed by atoms with van der Waals surface area (Å²) in [7, 11) is 0. The SMILES string of the molecule is [Pt+2].[c-]1c(Oc2[c-]c3c(cc2)c2cccnc2n2c(-c4ccccc4)c(-c4ccccc4)nc32)ccc2c1c1ncc(-c3ccccc3)n1c1cccnc21. The molecular formula is C46H26N6OPt. The molecule has 7 nitrogen and oxygen atoms in total. The minimum atomic E-state index is 0. The Labute approximate surface area is 323 Å². The summed E-state index contributed by atoms with van der Waals surface area (Å²) in [5, 5.41) is 4.60. The Kier molecular flexibility index (Phi) is 7.56. The van der Waals surface area contributed by atoms with Gasteiger partial charge in [0.25, 0.3) is 0 Å². The monoisotopic (exact) mass is 873 g/mol. The van der Waals surface area contributed by atoms with Crippen LogP contribution in [0.15, 0.2) is 158 Å². The van der Waals surface area contributed by atoms with E-state index in [0.717, 1.165) is 88.7 Å². The molecule has 0 fully saturated rings. The average molecular weight is 874 g/mol. The van der Waals surface area contributed by atoms with E-state index < -0.39 is 0 Å². The van der Waals surface area contributed by atoms with Crippen LogP contribution in [0.2, 0.25) is 0 Å². The molecule has 0 aliphatic rings. The maximum Gasteiger partial charge on any atom is 2.00 e. The Hall–Kier alpha value is -6.69. The molecule has 256 valence electrons. The fourth-order valence-electron chi connectivity index (χ4n) is 7.57. The third-order valence-electron chi connectivity index (χ3n) is 9.88. The Morgan fingerprint density at radius 1 is 0.481 bits per heavy atom. The predicted molar refractivity (Wildman–Crippen MR) is 210 cm³/mol. The number of nitrogens with zero attached hydrogens (tertiary/aromatic N) is 6. The van der Waals surface area contributed by atoms with Crippen molar-refractivity contribution < 1.29 is 25.8 Å². The number of imidazole rings is 2. The first-order valence-electron chi connectivity index (χ1n) is 17.4. The molecule has 54 heavy (non-hydrogen) atoms. The number of fused-ring (bicyclic) bond motifs is 12. The zero-order valence-electron chi connectivity index (χ0n) is 28.4. The van der Waals surface area contributed by atoms with Gasteiger partial charge in [0.15, 0.2) is 0 Å². The molecule has 0 spiro atoms. The van der Waals surface area contributed by atoms with E-state index in [1.54, 1.807) is 0 Å². The van der Waals surface area contributed by atoms with Crippen LogP contribution >= 0.6 is 0 Å². The summed E-state index contributed by atoms with van der Waals surface area (Å²) in [5.74, 6) is 1.10. The van der Waals surface area contributed by atoms with Gasteiger partial charge in [0, 0.05) is 41.2 Å². The normalized spacial score (nSPS) is 11.6. The van der Waals surface area contributed by atoms with Crippen molar-refractivity contribution >= 4 is 54.9 Å². The first-order valence-corrected chi connectivity index (χ1v) is 17.4. The number of aromatic nitrogens is 6. The van der Waals surface area contributed by atoms with Crippen molar-refractivity contribution in [1.29, 1.82) is 0 Å². The van der Waals surface area contributed by atoms with Crippen LogP contribution in [-0.2, 0) is 21.1 Å². The second-order valence-electron chi connectivity index (χ2n) is 12.9. The van der Waals surface area contributed by atoms with E-state index in [2.05, 4.69) is 87.7 Å². The molecule has 0 radical (unpaired) electrons. The van der Waals surface area contributed by atoms with Crippen molar-refractivity contribution in [3.05, 3.63) is 170 Å². The number of benzene rings is 5. The third-order valence-corrected chi connectivity index (χ3v) is 9.88. The van der Waals surface area contributed by atoms with Gasteiger partial charge >= 0.3 is 21.1 Å². The van der Waals surface area contributed by atoms with Crippen LogP contribution < -0.4 is 4.74 Å². The Morgan fingerprint density at radius 3 is 1.85 bits per heavy atom. The van der Waals surface area contributed by atoms with Crippen LogP contribution in [0.3, 0.4) is 0 Å². The van der Waals surface area contributed by atoms with Gasteiger partial charge in [-0.15, -0.1) is 12.1 Å². The molecule has 0 N–H and O–H groups in total. The molecule has 11 aromatic rings. The fraction of sp³-hybridized carbons (Fsp3) is 0. The van der Waals surface area contributed by atoms with Crippen LogP contribution in [0, 0.1) is 12.1 Å². The molecule has 0 unspecified atom stereocenters. The van der Waals surface area contributed by atoms with Gasteiger partial charge in [-0.25, -0.2) is 4.98 Å². The van der Waals surface area contributed by atoms with E-state index in [1.165, 1.54) is 0 Å². The van der Waals surface area contributed by atoms with Crippen molar-refractivity contribution in [2.75, 3.05) is 0 Å². The Balaban J connectivity index is 0.00000361. The van der Waals surface area contributed by atoms with E-state index in [1.807, 2.05) is 91.4 Å². The molecule has 0 amide bonds. The summed E-state index contributed by atoms with van der Waals surface area (Å²) in [4.78, 5) is 19.9. The van der Waals surface area contributed by atoms with Gasteiger partial charge in [-0.2, -0.15) is 0 Å². The standard InChI is InChI=1S/C46H26N6O.Pt/c1-4-12-29(13-5-1)40-28-49-45-38-27-33(21-23-35(38)42-39(51(40)45)19-11-24-47-42)53-32-20-22-34-36-18-10-25-48-44(36)52-43(31-16-8-3-9-17-31)41(30-14-6-2-7-15-30)50-46(52)37(34)26-32;/h1-25,28H;/q-2;+2. The summed E-state index contributed by atoms with van der Waals surface area (Å²) in [6.45, 7) is 0. The maximum absolute atomic E-state index is 6.59. The number of hydrogen-bond acceptors (Lipinski definition) is 5. The van der Waals surface area contributed by atoms with Crippen LogP contribution in [0.5, 0.6) is 11.5 Å². The average Bonchev–Trinajstić information content (AvgIpc) is 3.86. The fourth-order valence-corrected chi connectivity index (χ4v) is 7.57. The summed E-state index contributed by atoms with van der Waals surface area (Å²) >= 11 is 0. The van der Waals surface area contributed by atoms with Gasteiger partial charge in [-0.05, 0) is 29.1 Å². The molecule has 6 aromatic heterocycles. The van der Waals surface area contributed by atoms with Gasteiger partial charge in [0.05, 0.1) is 39.4 Å². The second kappa shape index (κ2) is 12.8. The van der Waals surface area contributed by atoms with E-state index in [4.69, 9.17) is 24.7 Å². The zero-order chi connectivity index (χ0) is 34.9. The molecule has 11 rings (SSSR count). The first kappa shape index (κ1) is 32.0. The molecular weight excluding hydrogens is 848 g/mol. The second-order valence-corrected chi connectivity index (χ2v) is 12.9. The summed E-state index contributed by atoms with van der Waals surface area (Å²) < 4.78 is 10.9. The van der Waals surface area contributed by atoms with Gasteiger partial charge < -0.3 is 13.5 Å². The molecule has 0 atom stereocenters. The molecule has 0 saturated heterocycles. The van der Waals surface area contributed by atoms with E-state index in [0.29, 0.717) is 11.5 Å². The molecule has 6 heterocycles. The molecule has 0 saturated carbocycles. The number of hydrogen-bond donors (Lipinski definition) is 0. The van der Waals surface area contributed by atoms with Gasteiger partial charge in [-0.1, -0.05) is 143 Å². The van der Waals surface area contributed by atoms with E-state index in [9.17, 15) is 0 Å². The molecule has 0 bridgehead atoms. The van der Waals surface area contributed by atoms with E-state index >= 15 is 0 Å². The number of rotatable bonds is 5. The van der Waals surface area contributed by atoms with E-state index in [-0.39, 0.29) is 21.1 Å². The quantitative estimate of drug-likeness (QED) is 0.127. The summed E-state index contributed by atoms with van der Waals surface area (Å²) in [5.41, 5.74) is 10.2. The maximum atomic E-state index is 6.59. The van der Waals surface area contributed by atoms with Gasteiger partial charge in [0.1, 0.15) is 5.65 Å². The Morgan fingerprint density at radius 2 is 1.11 bits per heavy atom. The van der Waals surface area contributed by atoms with Crippen molar-refractivity contribution in [1.82, 2.24) is 28.7 Å². The molecule has 0 aliphatic heterocycles. The van der Waals surface area contributed by atoms with Crippen molar-refractivity contribution in [2.24, 2.45) is 0 Å². The van der Waals surface area contributed by atoms with Crippen LogP contribution in [0.25, 0.3) is 88.7 Å². The molecule has 5 aromatic carbocycles. The van der Waals surface area contributed by atoms with Crippen LogP contribution in [0.4, 0.5) is 0 Å². The minimum absolute atomic E-state index is 0. The molecule has 0 aliphatic carbocycles. The Bertz CT molecular complexity index is 3200. The zero-order valence-corrected chi connectivity index (χ0v) is 30.7. The molecule has 8 heteroatoms. The summed E-state index contributed by atoms with van der Waals surface area (Å²) in [6, 6.07) is 54.2.